The summed E-state index contributed by atoms with van der Waals surface area (Å²) in [5, 5.41) is 0.641. The van der Waals surface area contributed by atoms with Crippen molar-refractivity contribution in [2.45, 2.75) is 13.0 Å². The maximum Gasteiger partial charge on any atom is 0.253 e. The predicted octanol–water partition coefficient (Wildman–Crippen LogP) is 2.78. The van der Waals surface area contributed by atoms with Crippen molar-refractivity contribution < 1.29 is 4.79 Å². The average Bonchev–Trinajstić information content (AvgIpc) is 2.56. The highest BCUT2D eigenvalue weighted by Crippen LogP contribution is 2.40. The standard InChI is InChI=1S/C17H17ClN4O/c1-11-20-15-8-7-13(18)9-14(15)17(12-5-3-2-4-6-12)22(11)10-16(23)21-19/h2-9,17H,10,19H2,1H3,(H,21,23)/t17-/m0/s1. The van der Waals surface area contributed by atoms with Gasteiger partial charge in [0, 0.05) is 10.6 Å². The number of halogens is 1. The number of nitrogens with one attached hydrogen (secondary N) is 1. The molecule has 0 spiro atoms. The third kappa shape index (κ3) is 3.06. The van der Waals surface area contributed by atoms with Crippen LogP contribution in [0.15, 0.2) is 53.5 Å². The van der Waals surface area contributed by atoms with E-state index in [1.54, 1.807) is 0 Å². The van der Waals surface area contributed by atoms with Crippen LogP contribution in [0.2, 0.25) is 5.02 Å². The van der Waals surface area contributed by atoms with Crippen molar-refractivity contribution in [2.24, 2.45) is 10.8 Å². The molecule has 1 amide bonds. The first kappa shape index (κ1) is 15.5. The maximum atomic E-state index is 11.8. The molecule has 23 heavy (non-hydrogen) atoms. The number of hydrogen-bond donors (Lipinski definition) is 2. The van der Waals surface area contributed by atoms with E-state index in [-0.39, 0.29) is 18.5 Å². The van der Waals surface area contributed by atoms with E-state index >= 15 is 0 Å². The van der Waals surface area contributed by atoms with Gasteiger partial charge < -0.3 is 4.90 Å². The lowest BCUT2D eigenvalue weighted by molar-refractivity contribution is -0.121. The van der Waals surface area contributed by atoms with Gasteiger partial charge in [0.2, 0.25) is 0 Å². The first-order chi connectivity index (χ1) is 11.1. The summed E-state index contributed by atoms with van der Waals surface area (Å²) in [6, 6.07) is 15.5. The van der Waals surface area contributed by atoms with Gasteiger partial charge >= 0.3 is 0 Å². The van der Waals surface area contributed by atoms with Crippen LogP contribution in [0.25, 0.3) is 0 Å². The van der Waals surface area contributed by atoms with Gasteiger partial charge in [0.25, 0.3) is 5.91 Å². The minimum absolute atomic E-state index is 0.122. The van der Waals surface area contributed by atoms with E-state index in [9.17, 15) is 4.79 Å². The summed E-state index contributed by atoms with van der Waals surface area (Å²) in [4.78, 5) is 18.3. The summed E-state index contributed by atoms with van der Waals surface area (Å²) in [7, 11) is 0. The van der Waals surface area contributed by atoms with E-state index in [1.165, 1.54) is 0 Å². The summed E-state index contributed by atoms with van der Waals surface area (Å²) in [5.41, 5.74) is 5.08. The van der Waals surface area contributed by atoms with Gasteiger partial charge in [0.05, 0.1) is 11.7 Å². The fourth-order valence-electron chi connectivity index (χ4n) is 2.84. The fraction of sp³-hybridized carbons (Fsp3) is 0.176. The Balaban J connectivity index is 2.13. The molecule has 1 atom stereocenters. The van der Waals surface area contributed by atoms with Gasteiger partial charge in [0.15, 0.2) is 0 Å². The van der Waals surface area contributed by atoms with Gasteiger partial charge in [-0.2, -0.15) is 0 Å². The molecule has 0 fully saturated rings. The average molecular weight is 329 g/mol. The quantitative estimate of drug-likeness (QED) is 0.517. The zero-order valence-electron chi connectivity index (χ0n) is 12.7. The number of aliphatic imine (C=N–C) groups is 1. The first-order valence-corrected chi connectivity index (χ1v) is 7.63. The Hall–Kier alpha value is -2.37. The molecule has 0 saturated carbocycles. The number of hydrogen-bond acceptors (Lipinski definition) is 4. The molecule has 118 valence electrons. The molecule has 1 aliphatic rings. The third-order valence-corrected chi connectivity index (χ3v) is 4.12. The Morgan fingerprint density at radius 2 is 2.04 bits per heavy atom. The Kier molecular flexibility index (Phi) is 4.32. The molecule has 5 nitrogen and oxygen atoms in total. The Morgan fingerprint density at radius 1 is 1.30 bits per heavy atom. The van der Waals surface area contributed by atoms with Crippen LogP contribution in [0, 0.1) is 0 Å². The number of carbonyl (C=O) groups excluding carboxylic acids is 1. The molecular weight excluding hydrogens is 312 g/mol. The Morgan fingerprint density at radius 3 is 2.74 bits per heavy atom. The number of nitrogens with zero attached hydrogens (tertiary/aromatic N) is 2. The number of hydrazine groups is 1. The van der Waals surface area contributed by atoms with Gasteiger partial charge in [0.1, 0.15) is 12.4 Å². The zero-order valence-corrected chi connectivity index (χ0v) is 13.4. The lowest BCUT2D eigenvalue weighted by atomic mass is 9.94. The van der Waals surface area contributed by atoms with Gasteiger partial charge in [-0.05, 0) is 30.7 Å². The summed E-state index contributed by atoms with van der Waals surface area (Å²) < 4.78 is 0. The Labute approximate surface area is 139 Å². The normalized spacial score (nSPS) is 16.6. The van der Waals surface area contributed by atoms with E-state index in [4.69, 9.17) is 17.4 Å². The molecule has 0 bridgehead atoms. The van der Waals surface area contributed by atoms with E-state index in [2.05, 4.69) is 10.4 Å². The molecule has 3 N–H and O–H groups in total. The highest BCUT2D eigenvalue weighted by molar-refractivity contribution is 6.30. The van der Waals surface area contributed by atoms with Crippen LogP contribution >= 0.6 is 11.6 Å². The van der Waals surface area contributed by atoms with E-state index in [0.717, 1.165) is 22.6 Å². The summed E-state index contributed by atoms with van der Waals surface area (Å²) in [6.07, 6.45) is 0. The largest absolute Gasteiger partial charge is 0.340 e. The number of benzene rings is 2. The summed E-state index contributed by atoms with van der Waals surface area (Å²) in [6.45, 7) is 2.01. The molecule has 3 rings (SSSR count). The SMILES string of the molecule is CC1=Nc2ccc(Cl)cc2[C@H](c2ccccc2)N1CC(=O)NN. The Bertz CT molecular complexity index is 760. The number of fused-ring (bicyclic) bond motifs is 1. The number of carbonyl (C=O) groups is 1. The van der Waals surface area contributed by atoms with Crippen LogP contribution in [0.4, 0.5) is 5.69 Å². The molecule has 2 aromatic rings. The van der Waals surface area contributed by atoms with Crippen LogP contribution in [0.5, 0.6) is 0 Å². The molecule has 0 aliphatic carbocycles. The molecule has 1 aliphatic heterocycles. The van der Waals surface area contributed by atoms with Crippen LogP contribution in [-0.4, -0.2) is 23.2 Å². The molecular formula is C17H17ClN4O. The van der Waals surface area contributed by atoms with Crippen molar-refractivity contribution in [2.75, 3.05) is 6.54 Å². The van der Waals surface area contributed by atoms with Crippen molar-refractivity contribution >= 4 is 29.0 Å². The number of nitrogens with two attached hydrogens (primary N) is 1. The molecule has 6 heteroatoms. The van der Waals surface area contributed by atoms with Crippen molar-refractivity contribution in [3.05, 3.63) is 64.7 Å². The number of rotatable bonds is 3. The van der Waals surface area contributed by atoms with Crippen LogP contribution in [-0.2, 0) is 4.79 Å². The summed E-state index contributed by atoms with van der Waals surface area (Å²) in [5.74, 6) is 5.74. The molecule has 0 aromatic heterocycles. The third-order valence-electron chi connectivity index (χ3n) is 3.88. The van der Waals surface area contributed by atoms with Crippen molar-refractivity contribution in [3.8, 4) is 0 Å². The lowest BCUT2D eigenvalue weighted by Gasteiger charge is -2.37. The number of amides is 1. The monoisotopic (exact) mass is 328 g/mol. The van der Waals surface area contributed by atoms with E-state index < -0.39 is 0 Å². The second-order valence-electron chi connectivity index (χ2n) is 5.37. The minimum atomic E-state index is -0.272. The second-order valence-corrected chi connectivity index (χ2v) is 5.81. The van der Waals surface area contributed by atoms with Crippen LogP contribution in [0.1, 0.15) is 24.1 Å². The van der Waals surface area contributed by atoms with E-state index in [1.807, 2.05) is 60.4 Å². The predicted molar refractivity (Wildman–Crippen MR) is 91.5 cm³/mol. The topological polar surface area (TPSA) is 70.7 Å². The molecule has 0 unspecified atom stereocenters. The second kappa shape index (κ2) is 6.40. The van der Waals surface area contributed by atoms with Gasteiger partial charge in [-0.25, -0.2) is 10.8 Å². The molecule has 0 radical (unpaired) electrons. The lowest BCUT2D eigenvalue weighted by Crippen LogP contribution is -2.45. The van der Waals surface area contributed by atoms with Crippen LogP contribution < -0.4 is 11.3 Å². The zero-order chi connectivity index (χ0) is 16.4. The highest BCUT2D eigenvalue weighted by Gasteiger charge is 2.30. The van der Waals surface area contributed by atoms with Gasteiger partial charge in [-0.3, -0.25) is 10.2 Å². The highest BCUT2D eigenvalue weighted by atomic mass is 35.5. The van der Waals surface area contributed by atoms with Gasteiger partial charge in [-0.1, -0.05) is 41.9 Å². The van der Waals surface area contributed by atoms with Crippen molar-refractivity contribution in [1.29, 1.82) is 0 Å². The molecule has 1 heterocycles. The van der Waals surface area contributed by atoms with Crippen LogP contribution in [0.3, 0.4) is 0 Å². The smallest absolute Gasteiger partial charge is 0.253 e. The van der Waals surface area contributed by atoms with Gasteiger partial charge in [-0.15, -0.1) is 0 Å². The number of amidine groups is 1. The first-order valence-electron chi connectivity index (χ1n) is 7.26. The van der Waals surface area contributed by atoms with E-state index in [0.29, 0.717) is 5.02 Å². The maximum absolute atomic E-state index is 11.8. The fourth-order valence-corrected chi connectivity index (χ4v) is 3.02. The van der Waals surface area contributed by atoms with Crippen molar-refractivity contribution in [3.63, 3.8) is 0 Å². The molecule has 2 aromatic carbocycles. The summed E-state index contributed by atoms with van der Waals surface area (Å²) >= 11 is 6.18. The minimum Gasteiger partial charge on any atom is -0.340 e. The van der Waals surface area contributed by atoms with Crippen molar-refractivity contribution in [1.82, 2.24) is 10.3 Å². The molecule has 0 saturated heterocycles.